The smallest absolute Gasteiger partial charge is 0.223 e. The molecule has 0 aromatic heterocycles. The maximum Gasteiger partial charge on any atom is 0.223 e. The molecule has 2 saturated heterocycles. The number of rotatable bonds is 4. The van der Waals surface area contributed by atoms with Gasteiger partial charge in [-0.1, -0.05) is 49.6 Å². The Kier molecular flexibility index (Phi) is 5.88. The van der Waals surface area contributed by atoms with Gasteiger partial charge in [-0.25, -0.2) is 10.9 Å². The Morgan fingerprint density at radius 2 is 1.69 bits per heavy atom. The first-order valence-corrected chi connectivity index (χ1v) is 10.4. The second-order valence-corrected chi connectivity index (χ2v) is 8.16. The van der Waals surface area contributed by atoms with E-state index in [4.69, 9.17) is 0 Å². The largest absolute Gasteiger partial charge is 0.353 e. The van der Waals surface area contributed by atoms with Gasteiger partial charge in [-0.05, 0) is 37.7 Å². The highest BCUT2D eigenvalue weighted by Crippen LogP contribution is 2.26. The molecule has 0 bridgehead atoms. The average molecular weight is 357 g/mol. The van der Waals surface area contributed by atoms with E-state index in [0.717, 1.165) is 45.2 Å². The number of hydrogen-bond acceptors (Lipinski definition) is 4. The third-order valence-corrected chi connectivity index (χ3v) is 6.38. The predicted octanol–water partition coefficient (Wildman–Crippen LogP) is 2.71. The first-order chi connectivity index (χ1) is 12.8. The van der Waals surface area contributed by atoms with Crippen LogP contribution in [0.2, 0.25) is 0 Å². The summed E-state index contributed by atoms with van der Waals surface area (Å²) in [5.74, 6) is 0.585. The second-order valence-electron chi connectivity index (χ2n) is 8.16. The number of piperidine rings is 1. The molecule has 1 aromatic rings. The van der Waals surface area contributed by atoms with E-state index in [9.17, 15) is 4.79 Å². The van der Waals surface area contributed by atoms with Crippen LogP contribution in [0, 0.1) is 5.92 Å². The van der Waals surface area contributed by atoms with E-state index < -0.39 is 0 Å². The van der Waals surface area contributed by atoms with Crippen LogP contribution in [0.25, 0.3) is 0 Å². The average Bonchev–Trinajstić information content (AvgIpc) is 3.20. The summed E-state index contributed by atoms with van der Waals surface area (Å²) in [6.07, 6.45) is 9.51. The number of nitrogens with one attached hydrogen (secondary N) is 3. The minimum absolute atomic E-state index is 0.272. The van der Waals surface area contributed by atoms with Crippen molar-refractivity contribution < 1.29 is 4.79 Å². The Bertz CT molecular complexity index is 579. The van der Waals surface area contributed by atoms with Crippen molar-refractivity contribution in [1.82, 2.24) is 21.1 Å². The minimum Gasteiger partial charge on any atom is -0.353 e. The van der Waals surface area contributed by atoms with Crippen molar-refractivity contribution in [1.29, 1.82) is 0 Å². The summed E-state index contributed by atoms with van der Waals surface area (Å²) in [7, 11) is 0. The first kappa shape index (κ1) is 18.0. The normalized spacial score (nSPS) is 28.9. The van der Waals surface area contributed by atoms with Crippen molar-refractivity contribution in [3.8, 4) is 0 Å². The summed E-state index contributed by atoms with van der Waals surface area (Å²) >= 11 is 0. The van der Waals surface area contributed by atoms with Crippen LogP contribution in [0.5, 0.6) is 0 Å². The molecule has 1 saturated carbocycles. The molecule has 2 unspecified atom stereocenters. The topological polar surface area (TPSA) is 56.4 Å². The molecule has 26 heavy (non-hydrogen) atoms. The molecule has 3 fully saturated rings. The van der Waals surface area contributed by atoms with E-state index in [1.54, 1.807) is 0 Å². The van der Waals surface area contributed by atoms with Crippen LogP contribution in [0.15, 0.2) is 30.3 Å². The fraction of sp³-hybridized carbons (Fsp3) is 0.667. The van der Waals surface area contributed by atoms with E-state index in [1.165, 1.54) is 24.8 Å². The molecular formula is C21H32N4O. The Morgan fingerprint density at radius 3 is 2.42 bits per heavy atom. The van der Waals surface area contributed by atoms with Gasteiger partial charge in [-0.15, -0.1) is 0 Å². The fourth-order valence-electron chi connectivity index (χ4n) is 4.72. The number of amides is 1. The molecule has 4 rings (SSSR count). The summed E-state index contributed by atoms with van der Waals surface area (Å²) in [6, 6.07) is 11.4. The van der Waals surface area contributed by atoms with Gasteiger partial charge in [0.25, 0.3) is 0 Å². The molecule has 1 aromatic carbocycles. The Labute approximate surface area is 156 Å². The zero-order valence-electron chi connectivity index (χ0n) is 15.6. The highest BCUT2D eigenvalue weighted by atomic mass is 16.1. The molecule has 1 aliphatic carbocycles. The molecular weight excluding hydrogens is 324 g/mol. The summed E-state index contributed by atoms with van der Waals surface area (Å²) < 4.78 is 0. The quantitative estimate of drug-likeness (QED) is 0.776. The predicted molar refractivity (Wildman–Crippen MR) is 103 cm³/mol. The summed E-state index contributed by atoms with van der Waals surface area (Å²) in [5.41, 5.74) is 8.26. The summed E-state index contributed by atoms with van der Waals surface area (Å²) in [6.45, 7) is 2.10. The lowest BCUT2D eigenvalue weighted by atomic mass is 9.88. The molecule has 2 heterocycles. The molecule has 5 heteroatoms. The third kappa shape index (κ3) is 4.27. The van der Waals surface area contributed by atoms with Crippen LogP contribution in [-0.2, 0) is 4.79 Å². The number of benzene rings is 1. The SMILES string of the molecule is O=C(NC1CCN(C2CC(c3ccccc3)NN2)CC1)C1CCCCC1. The molecule has 1 amide bonds. The van der Waals surface area contributed by atoms with Gasteiger partial charge in [-0.3, -0.25) is 9.69 Å². The van der Waals surface area contributed by atoms with Gasteiger partial charge in [0, 0.05) is 31.1 Å². The zero-order valence-corrected chi connectivity index (χ0v) is 15.6. The number of hydrazine groups is 1. The van der Waals surface area contributed by atoms with Gasteiger partial charge >= 0.3 is 0 Å². The Morgan fingerprint density at radius 1 is 0.962 bits per heavy atom. The van der Waals surface area contributed by atoms with Crippen LogP contribution in [0.4, 0.5) is 0 Å². The summed E-state index contributed by atoms with van der Waals surface area (Å²) in [5, 5.41) is 3.33. The van der Waals surface area contributed by atoms with Crippen LogP contribution in [-0.4, -0.2) is 36.1 Å². The van der Waals surface area contributed by atoms with Crippen LogP contribution in [0.3, 0.4) is 0 Å². The van der Waals surface area contributed by atoms with Gasteiger partial charge in [0.05, 0.1) is 6.17 Å². The number of nitrogens with zero attached hydrogens (tertiary/aromatic N) is 1. The van der Waals surface area contributed by atoms with Crippen molar-refractivity contribution in [2.75, 3.05) is 13.1 Å². The van der Waals surface area contributed by atoms with E-state index in [-0.39, 0.29) is 5.92 Å². The van der Waals surface area contributed by atoms with Crippen molar-refractivity contribution in [3.63, 3.8) is 0 Å². The lowest BCUT2D eigenvalue weighted by Gasteiger charge is -2.36. The van der Waals surface area contributed by atoms with Crippen LogP contribution >= 0.6 is 0 Å². The highest BCUT2D eigenvalue weighted by molar-refractivity contribution is 5.79. The van der Waals surface area contributed by atoms with Crippen LogP contribution in [0.1, 0.15) is 63.0 Å². The maximum atomic E-state index is 12.5. The molecule has 142 valence electrons. The molecule has 2 atom stereocenters. The minimum atomic E-state index is 0.272. The molecule has 3 aliphatic rings. The van der Waals surface area contributed by atoms with Gasteiger partial charge in [0.2, 0.25) is 5.91 Å². The van der Waals surface area contributed by atoms with E-state index in [0.29, 0.717) is 24.2 Å². The molecule has 2 aliphatic heterocycles. The molecule has 3 N–H and O–H groups in total. The number of carbonyl (C=O) groups is 1. The number of likely N-dealkylation sites (tertiary alicyclic amines) is 1. The van der Waals surface area contributed by atoms with Crippen molar-refractivity contribution in [2.24, 2.45) is 5.92 Å². The molecule has 5 nitrogen and oxygen atoms in total. The monoisotopic (exact) mass is 356 g/mol. The summed E-state index contributed by atoms with van der Waals surface area (Å²) in [4.78, 5) is 15.0. The lowest BCUT2D eigenvalue weighted by Crippen LogP contribution is -2.52. The van der Waals surface area contributed by atoms with E-state index >= 15 is 0 Å². The molecule has 0 radical (unpaired) electrons. The van der Waals surface area contributed by atoms with Gasteiger partial charge in [0.1, 0.15) is 0 Å². The second kappa shape index (κ2) is 8.51. The Hall–Kier alpha value is -1.43. The van der Waals surface area contributed by atoms with E-state index in [1.807, 2.05) is 0 Å². The maximum absolute atomic E-state index is 12.5. The fourth-order valence-corrected chi connectivity index (χ4v) is 4.72. The Balaban J connectivity index is 1.22. The van der Waals surface area contributed by atoms with Gasteiger partial charge in [0.15, 0.2) is 0 Å². The number of carbonyl (C=O) groups excluding carboxylic acids is 1. The third-order valence-electron chi connectivity index (χ3n) is 6.38. The molecule has 0 spiro atoms. The lowest BCUT2D eigenvalue weighted by molar-refractivity contribution is -0.127. The number of hydrogen-bond donors (Lipinski definition) is 3. The standard InChI is InChI=1S/C21H32N4O/c26-21(17-9-5-2-6-10-17)22-18-11-13-25(14-12-18)20-15-19(23-24-20)16-7-3-1-4-8-16/h1,3-4,7-8,17-20,23-24H,2,5-6,9-15H2,(H,22,26). The zero-order chi connectivity index (χ0) is 17.8. The van der Waals surface area contributed by atoms with E-state index in [2.05, 4.69) is 51.4 Å². The highest BCUT2D eigenvalue weighted by Gasteiger charge is 2.32. The van der Waals surface area contributed by atoms with Gasteiger partial charge < -0.3 is 5.32 Å². The van der Waals surface area contributed by atoms with Gasteiger partial charge in [-0.2, -0.15) is 0 Å². The first-order valence-electron chi connectivity index (χ1n) is 10.4. The van der Waals surface area contributed by atoms with Crippen molar-refractivity contribution in [3.05, 3.63) is 35.9 Å². The van der Waals surface area contributed by atoms with Crippen molar-refractivity contribution >= 4 is 5.91 Å². The van der Waals surface area contributed by atoms with Crippen molar-refractivity contribution in [2.45, 2.75) is 69.6 Å². The van der Waals surface area contributed by atoms with Crippen LogP contribution < -0.4 is 16.2 Å².